The summed E-state index contributed by atoms with van der Waals surface area (Å²) in [6.45, 7) is 3.31. The highest BCUT2D eigenvalue weighted by atomic mass is 19.1. The summed E-state index contributed by atoms with van der Waals surface area (Å²) < 4.78 is 24.3. The van der Waals surface area contributed by atoms with E-state index < -0.39 is 0 Å². The third-order valence-corrected chi connectivity index (χ3v) is 4.31. The monoisotopic (exact) mass is 329 g/mol. The van der Waals surface area contributed by atoms with Crippen LogP contribution in [0, 0.1) is 5.82 Å². The van der Waals surface area contributed by atoms with Gasteiger partial charge >= 0.3 is 0 Å². The maximum absolute atomic E-state index is 13.0. The molecule has 128 valence electrons. The minimum Gasteiger partial charge on any atom is -0.493 e. The largest absolute Gasteiger partial charge is 0.493 e. The first-order valence-corrected chi connectivity index (χ1v) is 8.63. The average molecular weight is 329 g/mol. The van der Waals surface area contributed by atoms with Crippen LogP contribution >= 0.6 is 0 Å². The number of halogens is 1. The molecule has 2 aromatic carbocycles. The molecule has 1 heterocycles. The number of hydrogen-bond donors (Lipinski definition) is 1. The second-order valence-corrected chi connectivity index (χ2v) is 6.10. The Balaban J connectivity index is 1.37. The van der Waals surface area contributed by atoms with Crippen molar-refractivity contribution >= 4 is 0 Å². The van der Waals surface area contributed by atoms with Gasteiger partial charge in [-0.15, -0.1) is 0 Å². The van der Waals surface area contributed by atoms with Crippen molar-refractivity contribution in [1.29, 1.82) is 0 Å². The van der Waals surface area contributed by atoms with Crippen molar-refractivity contribution in [2.45, 2.75) is 25.2 Å². The van der Waals surface area contributed by atoms with Crippen LogP contribution in [0.3, 0.4) is 0 Å². The maximum atomic E-state index is 13.0. The number of benzene rings is 2. The van der Waals surface area contributed by atoms with Gasteiger partial charge in [0.1, 0.15) is 17.3 Å². The van der Waals surface area contributed by atoms with Crippen LogP contribution in [0.15, 0.2) is 48.5 Å². The summed E-state index contributed by atoms with van der Waals surface area (Å²) in [5.41, 5.74) is 1.40. The van der Waals surface area contributed by atoms with Gasteiger partial charge in [0, 0.05) is 12.5 Å². The summed E-state index contributed by atoms with van der Waals surface area (Å²) in [6.07, 6.45) is 3.17. The molecule has 2 aromatic rings. The second-order valence-electron chi connectivity index (χ2n) is 6.10. The molecular formula is C20H24FNO2. The molecule has 0 spiro atoms. The van der Waals surface area contributed by atoms with Gasteiger partial charge in [-0.05, 0) is 61.7 Å². The van der Waals surface area contributed by atoms with Crippen molar-refractivity contribution in [3.63, 3.8) is 0 Å². The Bertz CT molecular complexity index is 624. The van der Waals surface area contributed by atoms with E-state index in [1.165, 1.54) is 30.5 Å². The van der Waals surface area contributed by atoms with Gasteiger partial charge in [0.2, 0.25) is 0 Å². The van der Waals surface area contributed by atoms with E-state index in [9.17, 15) is 4.39 Å². The number of rotatable bonds is 7. The Labute approximate surface area is 142 Å². The zero-order valence-corrected chi connectivity index (χ0v) is 13.8. The zero-order chi connectivity index (χ0) is 16.6. The highest BCUT2D eigenvalue weighted by molar-refractivity contribution is 5.29. The van der Waals surface area contributed by atoms with E-state index in [0.717, 1.165) is 25.3 Å². The lowest BCUT2D eigenvalue weighted by atomic mass is 9.90. The molecule has 0 radical (unpaired) electrons. The summed E-state index contributed by atoms with van der Waals surface area (Å²) in [5, 5.41) is 3.39. The standard InChI is InChI=1S/C20H24FNO2/c21-18-3-1-4-20(15-18)24-14-2-13-23-19-7-5-16(6-8-19)17-9-11-22-12-10-17/h1,3-8,15,17,22H,2,9-14H2. The fourth-order valence-corrected chi connectivity index (χ4v) is 2.99. The van der Waals surface area contributed by atoms with Gasteiger partial charge in [-0.3, -0.25) is 0 Å². The summed E-state index contributed by atoms with van der Waals surface area (Å²) in [6, 6.07) is 14.6. The fraction of sp³-hybridized carbons (Fsp3) is 0.400. The van der Waals surface area contributed by atoms with E-state index in [4.69, 9.17) is 9.47 Å². The molecular weight excluding hydrogens is 305 g/mol. The third-order valence-electron chi connectivity index (χ3n) is 4.31. The van der Waals surface area contributed by atoms with Crippen LogP contribution in [0.2, 0.25) is 0 Å². The summed E-state index contributed by atoms with van der Waals surface area (Å²) in [4.78, 5) is 0. The van der Waals surface area contributed by atoms with Gasteiger partial charge in [0.05, 0.1) is 13.2 Å². The van der Waals surface area contributed by atoms with Crippen molar-refractivity contribution in [2.24, 2.45) is 0 Å². The number of nitrogens with one attached hydrogen (secondary N) is 1. The van der Waals surface area contributed by atoms with E-state index in [0.29, 0.717) is 24.9 Å². The lowest BCUT2D eigenvalue weighted by Crippen LogP contribution is -2.26. The molecule has 1 aliphatic rings. The predicted octanol–water partition coefficient (Wildman–Crippen LogP) is 4.14. The Morgan fingerprint density at radius 2 is 1.62 bits per heavy atom. The maximum Gasteiger partial charge on any atom is 0.126 e. The van der Waals surface area contributed by atoms with Crippen molar-refractivity contribution in [3.05, 3.63) is 59.9 Å². The van der Waals surface area contributed by atoms with E-state index in [1.54, 1.807) is 12.1 Å². The van der Waals surface area contributed by atoms with Crippen LogP contribution in [-0.4, -0.2) is 26.3 Å². The lowest BCUT2D eigenvalue weighted by molar-refractivity contribution is 0.247. The lowest BCUT2D eigenvalue weighted by Gasteiger charge is -2.23. The number of ether oxygens (including phenoxy) is 2. The van der Waals surface area contributed by atoms with Crippen LogP contribution in [0.1, 0.15) is 30.7 Å². The van der Waals surface area contributed by atoms with Crippen molar-refractivity contribution < 1.29 is 13.9 Å². The summed E-state index contributed by atoms with van der Waals surface area (Å²) in [5.74, 6) is 1.83. The SMILES string of the molecule is Fc1cccc(OCCCOc2ccc(C3CCNCC3)cc2)c1. The minimum absolute atomic E-state index is 0.280. The fourth-order valence-electron chi connectivity index (χ4n) is 2.99. The summed E-state index contributed by atoms with van der Waals surface area (Å²) >= 11 is 0. The molecule has 1 aliphatic heterocycles. The molecule has 0 atom stereocenters. The average Bonchev–Trinajstić information content (AvgIpc) is 2.63. The van der Waals surface area contributed by atoms with E-state index in [-0.39, 0.29) is 5.82 Å². The molecule has 0 amide bonds. The first-order valence-electron chi connectivity index (χ1n) is 8.63. The zero-order valence-electron chi connectivity index (χ0n) is 13.8. The van der Waals surface area contributed by atoms with Gasteiger partial charge in [-0.25, -0.2) is 4.39 Å². The molecule has 1 N–H and O–H groups in total. The highest BCUT2D eigenvalue weighted by Crippen LogP contribution is 2.26. The van der Waals surface area contributed by atoms with Gasteiger partial charge < -0.3 is 14.8 Å². The smallest absolute Gasteiger partial charge is 0.126 e. The molecule has 3 rings (SSSR count). The van der Waals surface area contributed by atoms with Crippen LogP contribution in [0.25, 0.3) is 0 Å². The first kappa shape index (κ1) is 16.8. The van der Waals surface area contributed by atoms with Gasteiger partial charge in [-0.1, -0.05) is 18.2 Å². The third kappa shape index (κ3) is 4.96. The van der Waals surface area contributed by atoms with Crippen LogP contribution in [-0.2, 0) is 0 Å². The van der Waals surface area contributed by atoms with E-state index in [1.807, 2.05) is 12.1 Å². The van der Waals surface area contributed by atoms with Crippen molar-refractivity contribution in [2.75, 3.05) is 26.3 Å². The first-order chi connectivity index (χ1) is 11.8. The predicted molar refractivity (Wildman–Crippen MR) is 93.3 cm³/mol. The minimum atomic E-state index is -0.280. The van der Waals surface area contributed by atoms with Crippen molar-refractivity contribution in [1.82, 2.24) is 5.32 Å². The molecule has 1 saturated heterocycles. The van der Waals surface area contributed by atoms with Gasteiger partial charge in [0.15, 0.2) is 0 Å². The summed E-state index contributed by atoms with van der Waals surface area (Å²) in [7, 11) is 0. The van der Waals surface area contributed by atoms with E-state index >= 15 is 0 Å². The van der Waals surface area contributed by atoms with Crippen molar-refractivity contribution in [3.8, 4) is 11.5 Å². The Morgan fingerprint density at radius 1 is 0.917 bits per heavy atom. The molecule has 4 heteroatoms. The molecule has 0 saturated carbocycles. The molecule has 3 nitrogen and oxygen atoms in total. The normalized spacial score (nSPS) is 15.2. The number of hydrogen-bond acceptors (Lipinski definition) is 3. The Morgan fingerprint density at radius 3 is 2.33 bits per heavy atom. The van der Waals surface area contributed by atoms with Crippen LogP contribution in [0.5, 0.6) is 11.5 Å². The molecule has 0 aliphatic carbocycles. The number of piperidine rings is 1. The quantitative estimate of drug-likeness (QED) is 0.775. The van der Waals surface area contributed by atoms with Crippen LogP contribution < -0.4 is 14.8 Å². The molecule has 0 aromatic heterocycles. The highest BCUT2D eigenvalue weighted by Gasteiger charge is 2.14. The topological polar surface area (TPSA) is 30.5 Å². The van der Waals surface area contributed by atoms with E-state index in [2.05, 4.69) is 17.4 Å². The molecule has 24 heavy (non-hydrogen) atoms. The molecule has 0 bridgehead atoms. The van der Waals surface area contributed by atoms with Gasteiger partial charge in [-0.2, -0.15) is 0 Å². The molecule has 0 unspecified atom stereocenters. The molecule has 1 fully saturated rings. The Hall–Kier alpha value is -2.07. The van der Waals surface area contributed by atoms with Gasteiger partial charge in [0.25, 0.3) is 0 Å². The Kier molecular flexibility index (Phi) is 6.07. The van der Waals surface area contributed by atoms with Crippen LogP contribution in [0.4, 0.5) is 4.39 Å². The second kappa shape index (κ2) is 8.69.